The zero-order valence-corrected chi connectivity index (χ0v) is 21.1. The highest BCUT2D eigenvalue weighted by Crippen LogP contribution is 2.26. The molecule has 2 aromatic carbocycles. The normalized spacial score (nSPS) is 13.4. The van der Waals surface area contributed by atoms with E-state index in [-0.39, 0.29) is 12.3 Å². The molecule has 7 nitrogen and oxygen atoms in total. The number of anilines is 1. The number of hydrogen-bond donors (Lipinski definition) is 1. The van der Waals surface area contributed by atoms with Crippen LogP contribution >= 0.6 is 11.6 Å². The van der Waals surface area contributed by atoms with Gasteiger partial charge in [-0.25, -0.2) is 4.68 Å². The third-order valence-corrected chi connectivity index (χ3v) is 7.10. The molecule has 1 amide bonds. The van der Waals surface area contributed by atoms with Crippen LogP contribution in [-0.4, -0.2) is 30.5 Å². The molecule has 180 valence electrons. The maximum atomic E-state index is 13.0. The Bertz CT molecular complexity index is 1400. The van der Waals surface area contributed by atoms with Gasteiger partial charge in [0.25, 0.3) is 0 Å². The van der Waals surface area contributed by atoms with Crippen LogP contribution in [0.2, 0.25) is 5.02 Å². The summed E-state index contributed by atoms with van der Waals surface area (Å²) in [6.07, 6.45) is 4.70. The molecule has 8 heteroatoms. The summed E-state index contributed by atoms with van der Waals surface area (Å²) in [5.74, 6) is 1.82. The number of carbonyl (C=O) groups is 1. The van der Waals surface area contributed by atoms with Crippen LogP contribution in [0.15, 0.2) is 42.5 Å². The van der Waals surface area contributed by atoms with E-state index in [9.17, 15) is 4.79 Å². The number of benzene rings is 2. The van der Waals surface area contributed by atoms with E-state index >= 15 is 0 Å². The van der Waals surface area contributed by atoms with Gasteiger partial charge in [-0.05, 0) is 63.4 Å². The van der Waals surface area contributed by atoms with E-state index in [1.807, 2.05) is 67.9 Å². The Balaban J connectivity index is 1.34. The van der Waals surface area contributed by atoms with Crippen LogP contribution in [0.3, 0.4) is 0 Å². The number of nitrogens with one attached hydrogen (secondary N) is 1. The van der Waals surface area contributed by atoms with Gasteiger partial charge in [0.1, 0.15) is 5.82 Å². The van der Waals surface area contributed by atoms with Crippen LogP contribution in [0, 0.1) is 20.8 Å². The molecule has 1 aliphatic heterocycles. The van der Waals surface area contributed by atoms with Crippen LogP contribution in [0.25, 0.3) is 17.1 Å². The largest absolute Gasteiger partial charge is 0.326 e. The van der Waals surface area contributed by atoms with Crippen molar-refractivity contribution in [1.82, 2.24) is 24.5 Å². The molecule has 3 heterocycles. The first-order valence-corrected chi connectivity index (χ1v) is 12.4. The molecule has 0 unspecified atom stereocenters. The number of amides is 1. The van der Waals surface area contributed by atoms with Gasteiger partial charge in [0, 0.05) is 40.5 Å². The Hall–Kier alpha value is -3.45. The predicted octanol–water partition coefficient (Wildman–Crippen LogP) is 5.62. The van der Waals surface area contributed by atoms with Crippen LogP contribution in [0.4, 0.5) is 5.69 Å². The Morgan fingerprint density at radius 3 is 2.74 bits per heavy atom. The van der Waals surface area contributed by atoms with Crippen molar-refractivity contribution in [1.29, 1.82) is 0 Å². The predicted molar refractivity (Wildman–Crippen MR) is 138 cm³/mol. The van der Waals surface area contributed by atoms with Gasteiger partial charge >= 0.3 is 0 Å². The maximum absolute atomic E-state index is 13.0. The summed E-state index contributed by atoms with van der Waals surface area (Å²) in [6.45, 7) is 6.81. The highest BCUT2D eigenvalue weighted by molar-refractivity contribution is 6.31. The lowest BCUT2D eigenvalue weighted by Gasteiger charge is -2.10. The first-order valence-electron chi connectivity index (χ1n) is 12.0. The van der Waals surface area contributed by atoms with Gasteiger partial charge in [-0.2, -0.15) is 5.10 Å². The van der Waals surface area contributed by atoms with Crippen LogP contribution in [-0.2, 0) is 24.2 Å². The Morgan fingerprint density at radius 1 is 1.06 bits per heavy atom. The average molecular weight is 489 g/mol. The second-order valence-electron chi connectivity index (χ2n) is 9.20. The Labute approximate surface area is 210 Å². The van der Waals surface area contributed by atoms with Crippen molar-refractivity contribution in [2.45, 2.75) is 59.4 Å². The van der Waals surface area contributed by atoms with Crippen LogP contribution in [0.1, 0.15) is 47.6 Å². The summed E-state index contributed by atoms with van der Waals surface area (Å²) in [6, 6.07) is 13.7. The summed E-state index contributed by atoms with van der Waals surface area (Å²) in [5, 5.41) is 17.3. The number of aromatic nitrogens is 5. The van der Waals surface area contributed by atoms with E-state index in [1.165, 1.54) is 6.42 Å². The van der Waals surface area contributed by atoms with Crippen LogP contribution in [0.5, 0.6) is 0 Å². The number of nitrogens with zero attached hydrogens (tertiary/aromatic N) is 5. The average Bonchev–Trinajstić information content (AvgIpc) is 3.26. The maximum Gasteiger partial charge on any atom is 0.228 e. The number of rotatable bonds is 5. The molecule has 5 rings (SSSR count). The molecule has 4 aromatic rings. The first-order chi connectivity index (χ1) is 16.9. The van der Waals surface area contributed by atoms with Crippen LogP contribution < -0.4 is 5.32 Å². The quantitative estimate of drug-likeness (QED) is 0.395. The summed E-state index contributed by atoms with van der Waals surface area (Å²) in [5.41, 5.74) is 6.27. The molecule has 0 radical (unpaired) electrons. The number of carbonyl (C=O) groups excluding carboxylic acids is 1. The second kappa shape index (κ2) is 9.66. The van der Waals surface area contributed by atoms with Crippen molar-refractivity contribution in [3.63, 3.8) is 0 Å². The van der Waals surface area contributed by atoms with Crippen molar-refractivity contribution >= 4 is 23.2 Å². The van der Waals surface area contributed by atoms with E-state index in [0.29, 0.717) is 5.02 Å². The van der Waals surface area contributed by atoms with Crippen molar-refractivity contribution < 1.29 is 4.79 Å². The molecule has 0 atom stereocenters. The fourth-order valence-corrected chi connectivity index (χ4v) is 4.87. The molecule has 0 spiro atoms. The van der Waals surface area contributed by atoms with E-state index in [1.54, 1.807) is 0 Å². The van der Waals surface area contributed by atoms with Crippen molar-refractivity contribution in [2.75, 3.05) is 5.32 Å². The fraction of sp³-hybridized carbons (Fsp3) is 0.333. The minimum absolute atomic E-state index is 0.0880. The van der Waals surface area contributed by atoms with Gasteiger partial charge in [0.15, 0.2) is 5.82 Å². The van der Waals surface area contributed by atoms with Gasteiger partial charge in [-0.1, -0.05) is 36.2 Å². The van der Waals surface area contributed by atoms with E-state index < -0.39 is 0 Å². The topological polar surface area (TPSA) is 77.6 Å². The zero-order chi connectivity index (χ0) is 24.5. The fourth-order valence-electron chi connectivity index (χ4n) is 4.70. The molecule has 0 saturated heterocycles. The van der Waals surface area contributed by atoms with Gasteiger partial charge in [-0.15, -0.1) is 10.2 Å². The molecule has 35 heavy (non-hydrogen) atoms. The molecule has 2 aromatic heterocycles. The molecule has 1 N–H and O–H groups in total. The number of aryl methyl sites for hydroxylation is 3. The Kier molecular flexibility index (Phi) is 6.43. The minimum Gasteiger partial charge on any atom is -0.326 e. The van der Waals surface area contributed by atoms with E-state index in [4.69, 9.17) is 11.6 Å². The minimum atomic E-state index is -0.0880. The third-order valence-electron chi connectivity index (χ3n) is 6.69. The SMILES string of the molecule is Cc1ccc(-n2nc(C)c(CC(=O)Nc3cccc(-c4nnc5n4CCCCC5)c3)c2C)cc1Cl. The van der Waals surface area contributed by atoms with E-state index in [2.05, 4.69) is 25.2 Å². The highest BCUT2D eigenvalue weighted by Gasteiger charge is 2.18. The molecule has 0 aliphatic carbocycles. The summed E-state index contributed by atoms with van der Waals surface area (Å²) >= 11 is 6.32. The van der Waals surface area contributed by atoms with Gasteiger partial charge in [-0.3, -0.25) is 4.79 Å². The second-order valence-corrected chi connectivity index (χ2v) is 9.61. The third kappa shape index (κ3) is 4.73. The lowest BCUT2D eigenvalue weighted by molar-refractivity contribution is -0.115. The molecule has 0 fully saturated rings. The first kappa shape index (κ1) is 23.3. The van der Waals surface area contributed by atoms with Crippen molar-refractivity contribution in [3.05, 3.63) is 75.8 Å². The zero-order valence-electron chi connectivity index (χ0n) is 20.3. The van der Waals surface area contributed by atoms with Gasteiger partial charge in [0.05, 0.1) is 17.8 Å². The van der Waals surface area contributed by atoms with Gasteiger partial charge < -0.3 is 9.88 Å². The summed E-state index contributed by atoms with van der Waals surface area (Å²) < 4.78 is 4.06. The molecule has 0 bridgehead atoms. The van der Waals surface area contributed by atoms with E-state index in [0.717, 1.165) is 76.9 Å². The number of hydrogen-bond acceptors (Lipinski definition) is 4. The van der Waals surface area contributed by atoms with Gasteiger partial charge in [0.2, 0.25) is 5.91 Å². The standard InChI is InChI=1S/C27H29ClN6O/c1-17-11-12-22(15-24(17)28)34-19(3)23(18(2)32-34)16-26(35)29-21-9-7-8-20(14-21)27-31-30-25-10-5-4-6-13-33(25)27/h7-9,11-12,14-15H,4-6,10,13,16H2,1-3H3,(H,29,35). The lowest BCUT2D eigenvalue weighted by atomic mass is 10.1. The molecule has 0 saturated carbocycles. The smallest absolute Gasteiger partial charge is 0.228 e. The van der Waals surface area contributed by atoms with Crippen molar-refractivity contribution in [2.24, 2.45) is 0 Å². The Morgan fingerprint density at radius 2 is 1.91 bits per heavy atom. The van der Waals surface area contributed by atoms with Crippen molar-refractivity contribution in [3.8, 4) is 17.1 Å². The highest BCUT2D eigenvalue weighted by atomic mass is 35.5. The summed E-state index contributed by atoms with van der Waals surface area (Å²) in [4.78, 5) is 13.0. The molecule has 1 aliphatic rings. The number of halogens is 1. The lowest BCUT2D eigenvalue weighted by Crippen LogP contribution is -2.15. The summed E-state index contributed by atoms with van der Waals surface area (Å²) in [7, 11) is 0. The number of fused-ring (bicyclic) bond motifs is 1. The molecular weight excluding hydrogens is 460 g/mol. The monoisotopic (exact) mass is 488 g/mol. The molecular formula is C27H29ClN6O.